The number of hydrogen-bond donors (Lipinski definition) is 2. The van der Waals surface area contributed by atoms with E-state index in [1.807, 2.05) is 18.4 Å². The number of aliphatic carboxylic acids is 1. The number of ether oxygens (including phenoxy) is 1. The molecular formula is C30H37NO4SSi2. The van der Waals surface area contributed by atoms with Gasteiger partial charge in [0, 0.05) is 17.0 Å². The van der Waals surface area contributed by atoms with Crippen molar-refractivity contribution in [2.75, 3.05) is 18.6 Å². The number of carboxylic acid groups (broad SMARTS) is 1. The van der Waals surface area contributed by atoms with Crippen LogP contribution in [0.25, 0.3) is 11.1 Å². The average molecular weight is 564 g/mol. The first-order valence-corrected chi connectivity index (χ1v) is 21.2. The highest BCUT2D eigenvalue weighted by Crippen LogP contribution is 2.45. The lowest BCUT2D eigenvalue weighted by Gasteiger charge is -2.17. The van der Waals surface area contributed by atoms with Gasteiger partial charge >= 0.3 is 12.1 Å². The van der Waals surface area contributed by atoms with Crippen molar-refractivity contribution in [1.29, 1.82) is 0 Å². The number of carbonyl (C=O) groups is 2. The van der Waals surface area contributed by atoms with Gasteiger partial charge < -0.3 is 15.2 Å². The van der Waals surface area contributed by atoms with Gasteiger partial charge in [-0.3, -0.25) is 0 Å². The van der Waals surface area contributed by atoms with E-state index in [4.69, 9.17) is 4.74 Å². The second kappa shape index (κ2) is 12.3. The highest BCUT2D eigenvalue weighted by Gasteiger charge is 2.31. The van der Waals surface area contributed by atoms with E-state index in [1.165, 1.54) is 11.8 Å². The molecule has 2 aromatic carbocycles. The third-order valence-corrected chi connectivity index (χ3v) is 8.28. The summed E-state index contributed by atoms with van der Waals surface area (Å²) in [7, 11) is -3.09. The summed E-state index contributed by atoms with van der Waals surface area (Å²) in [6.45, 7) is 13.4. The van der Waals surface area contributed by atoms with Crippen LogP contribution in [0.15, 0.2) is 36.4 Å². The maximum absolute atomic E-state index is 12.6. The van der Waals surface area contributed by atoms with Crippen molar-refractivity contribution >= 4 is 40.0 Å². The zero-order chi connectivity index (χ0) is 28.1. The molecular weight excluding hydrogens is 527 g/mol. The van der Waals surface area contributed by atoms with Gasteiger partial charge in [-0.1, -0.05) is 63.3 Å². The van der Waals surface area contributed by atoms with Crippen LogP contribution in [0.3, 0.4) is 0 Å². The minimum Gasteiger partial charge on any atom is -0.480 e. The van der Waals surface area contributed by atoms with Gasteiger partial charge in [-0.15, -0.1) is 11.1 Å². The van der Waals surface area contributed by atoms with Crippen molar-refractivity contribution in [2.45, 2.75) is 57.7 Å². The van der Waals surface area contributed by atoms with Crippen molar-refractivity contribution in [3.63, 3.8) is 0 Å². The van der Waals surface area contributed by atoms with Crippen LogP contribution in [0, 0.1) is 22.9 Å². The molecule has 1 amide bonds. The summed E-state index contributed by atoms with van der Waals surface area (Å²) in [5, 5.41) is 12.0. The van der Waals surface area contributed by atoms with E-state index >= 15 is 0 Å². The van der Waals surface area contributed by atoms with Crippen molar-refractivity contribution in [2.24, 2.45) is 0 Å². The Balaban J connectivity index is 1.94. The smallest absolute Gasteiger partial charge is 0.407 e. The molecule has 2 aromatic rings. The second-order valence-electron chi connectivity index (χ2n) is 11.6. The second-order valence-corrected chi connectivity index (χ2v) is 22.1. The Hall–Kier alpha value is -2.92. The fourth-order valence-corrected chi connectivity index (χ4v) is 5.56. The first kappa shape index (κ1) is 29.6. The van der Waals surface area contributed by atoms with E-state index in [2.05, 4.69) is 91.8 Å². The highest BCUT2D eigenvalue weighted by molar-refractivity contribution is 7.98. The molecule has 2 N–H and O–H groups in total. The Bertz CT molecular complexity index is 1250. The Labute approximate surface area is 233 Å². The van der Waals surface area contributed by atoms with Crippen LogP contribution in [0.1, 0.15) is 34.6 Å². The molecule has 3 rings (SSSR count). The maximum atomic E-state index is 12.6. The molecule has 38 heavy (non-hydrogen) atoms. The lowest BCUT2D eigenvalue weighted by Crippen LogP contribution is -2.41. The van der Waals surface area contributed by atoms with Crippen LogP contribution >= 0.6 is 11.8 Å². The molecule has 8 heteroatoms. The molecule has 0 saturated heterocycles. The number of hydrogen-bond acceptors (Lipinski definition) is 4. The van der Waals surface area contributed by atoms with Crippen LogP contribution in [0.5, 0.6) is 0 Å². The zero-order valence-corrected chi connectivity index (χ0v) is 26.1. The molecule has 0 spiro atoms. The van der Waals surface area contributed by atoms with Gasteiger partial charge in [-0.2, -0.15) is 11.8 Å². The number of fused-ring (bicyclic) bond motifs is 3. The Morgan fingerprint density at radius 1 is 0.947 bits per heavy atom. The maximum Gasteiger partial charge on any atom is 0.407 e. The third-order valence-electron chi connectivity index (χ3n) is 5.89. The summed E-state index contributed by atoms with van der Waals surface area (Å²) in [4.78, 5) is 24.2. The molecule has 0 radical (unpaired) electrons. The van der Waals surface area contributed by atoms with Gasteiger partial charge in [0.25, 0.3) is 0 Å². The summed E-state index contributed by atoms with van der Waals surface area (Å²) in [5.41, 5.74) is 13.0. The number of nitrogens with one attached hydrogen (secondary N) is 1. The highest BCUT2D eigenvalue weighted by atomic mass is 32.2. The first-order valence-electron chi connectivity index (χ1n) is 12.8. The number of alkyl carbamates (subject to hydrolysis) is 1. The van der Waals surface area contributed by atoms with Gasteiger partial charge in [0.1, 0.15) is 28.8 Å². The fourth-order valence-electron chi connectivity index (χ4n) is 4.05. The van der Waals surface area contributed by atoms with Crippen molar-refractivity contribution in [3.05, 3.63) is 58.7 Å². The molecule has 5 nitrogen and oxygen atoms in total. The van der Waals surface area contributed by atoms with Crippen LogP contribution < -0.4 is 5.32 Å². The fraction of sp³-hybridized carbons (Fsp3) is 0.400. The van der Waals surface area contributed by atoms with E-state index in [0.717, 1.165) is 33.4 Å². The van der Waals surface area contributed by atoms with E-state index in [1.54, 1.807) is 0 Å². The predicted molar refractivity (Wildman–Crippen MR) is 163 cm³/mol. The Morgan fingerprint density at radius 3 is 1.87 bits per heavy atom. The molecule has 0 heterocycles. The standard InChI is InChI=1S/C30H37NO4SSi2/c1-36-15-12-28(29(32)33)31-30(34)35-20-27-25-18-21(13-16-37(2,3)4)8-10-23(25)24-11-9-22(19-26(24)27)14-17-38(5,6)7/h8-11,18-19,27-28H,12,15,20H2,1-7H3,(H,31,34)(H,32,33)/t28-/m0/s1. The van der Waals surface area contributed by atoms with Gasteiger partial charge in [0.15, 0.2) is 0 Å². The van der Waals surface area contributed by atoms with Crippen molar-refractivity contribution in [1.82, 2.24) is 5.32 Å². The molecule has 0 aromatic heterocycles. The number of thioether (sulfide) groups is 1. The van der Waals surface area contributed by atoms with Crippen molar-refractivity contribution < 1.29 is 19.4 Å². The largest absolute Gasteiger partial charge is 0.480 e. The average Bonchev–Trinajstić information content (AvgIpc) is 3.13. The van der Waals surface area contributed by atoms with Crippen LogP contribution in [0.4, 0.5) is 4.79 Å². The Kier molecular flexibility index (Phi) is 9.59. The zero-order valence-electron chi connectivity index (χ0n) is 23.3. The molecule has 0 fully saturated rings. The molecule has 0 saturated carbocycles. The molecule has 0 bridgehead atoms. The SMILES string of the molecule is CSCC[C@H](NC(=O)OCC1c2cc(C#C[Si](C)(C)C)ccc2-c2ccc(C#C[Si](C)(C)C)cc21)C(=O)O. The van der Waals surface area contributed by atoms with Crippen LogP contribution in [-0.4, -0.2) is 58.0 Å². The number of carbonyl (C=O) groups excluding carboxylic acids is 1. The van der Waals surface area contributed by atoms with Gasteiger partial charge in [0.05, 0.1) is 0 Å². The number of amides is 1. The first-order chi connectivity index (χ1) is 17.8. The van der Waals surface area contributed by atoms with E-state index in [-0.39, 0.29) is 12.5 Å². The van der Waals surface area contributed by atoms with E-state index in [0.29, 0.717) is 12.2 Å². The number of benzene rings is 2. The van der Waals surface area contributed by atoms with Crippen LogP contribution in [-0.2, 0) is 9.53 Å². The van der Waals surface area contributed by atoms with Crippen molar-refractivity contribution in [3.8, 4) is 34.1 Å². The quantitative estimate of drug-likeness (QED) is 0.310. The predicted octanol–water partition coefficient (Wildman–Crippen LogP) is 6.19. The molecule has 0 unspecified atom stereocenters. The van der Waals surface area contributed by atoms with Crippen LogP contribution in [0.2, 0.25) is 39.3 Å². The molecule has 1 atom stereocenters. The molecule has 200 valence electrons. The lowest BCUT2D eigenvalue weighted by molar-refractivity contribution is -0.139. The third kappa shape index (κ3) is 8.29. The molecule has 1 aliphatic carbocycles. The number of carboxylic acids is 1. The number of rotatable bonds is 7. The topological polar surface area (TPSA) is 75.6 Å². The molecule has 1 aliphatic rings. The van der Waals surface area contributed by atoms with Gasteiger partial charge in [-0.25, -0.2) is 9.59 Å². The summed E-state index contributed by atoms with van der Waals surface area (Å²) < 4.78 is 5.63. The summed E-state index contributed by atoms with van der Waals surface area (Å²) in [6.07, 6.45) is 1.51. The van der Waals surface area contributed by atoms with Gasteiger partial charge in [-0.05, 0) is 64.9 Å². The molecule has 0 aliphatic heterocycles. The minimum atomic E-state index is -1.54. The monoisotopic (exact) mass is 563 g/mol. The Morgan fingerprint density at radius 2 is 1.45 bits per heavy atom. The van der Waals surface area contributed by atoms with E-state index in [9.17, 15) is 14.7 Å². The van der Waals surface area contributed by atoms with E-state index < -0.39 is 34.3 Å². The van der Waals surface area contributed by atoms with Gasteiger partial charge in [0.2, 0.25) is 0 Å². The lowest BCUT2D eigenvalue weighted by atomic mass is 9.96. The minimum absolute atomic E-state index is 0.0938. The summed E-state index contributed by atoms with van der Waals surface area (Å²) in [6, 6.07) is 11.5. The summed E-state index contributed by atoms with van der Waals surface area (Å²) >= 11 is 1.53. The normalized spacial score (nSPS) is 13.2. The summed E-state index contributed by atoms with van der Waals surface area (Å²) in [5.74, 6) is 6.05.